The molecule has 2 rings (SSSR count). The van der Waals surface area contributed by atoms with E-state index in [-0.39, 0.29) is 6.04 Å². The maximum absolute atomic E-state index is 13.5. The standard InChI is InChI=1S/C15H18F2N2/c1-10(2)15(18)11-5-6-19(8-11)9-12-7-13(16)3-4-14(12)17/h3-8,10,15H,9,18H2,1-2H3. The lowest BCUT2D eigenvalue weighted by molar-refractivity contribution is 0.513. The summed E-state index contributed by atoms with van der Waals surface area (Å²) >= 11 is 0. The van der Waals surface area contributed by atoms with Gasteiger partial charge < -0.3 is 10.3 Å². The van der Waals surface area contributed by atoms with E-state index in [1.54, 1.807) is 0 Å². The van der Waals surface area contributed by atoms with Gasteiger partial charge in [0.15, 0.2) is 0 Å². The zero-order chi connectivity index (χ0) is 14.0. The number of benzene rings is 1. The molecule has 0 bridgehead atoms. The number of nitrogens with zero attached hydrogens (tertiary/aromatic N) is 1. The van der Waals surface area contributed by atoms with Crippen LogP contribution in [0, 0.1) is 17.6 Å². The highest BCUT2D eigenvalue weighted by Crippen LogP contribution is 2.20. The molecule has 2 nitrogen and oxygen atoms in total. The van der Waals surface area contributed by atoms with Crippen LogP contribution in [0.4, 0.5) is 8.78 Å². The molecule has 0 fully saturated rings. The molecule has 1 atom stereocenters. The van der Waals surface area contributed by atoms with E-state index in [1.807, 2.05) is 36.9 Å². The van der Waals surface area contributed by atoms with Gasteiger partial charge in [-0.25, -0.2) is 8.78 Å². The summed E-state index contributed by atoms with van der Waals surface area (Å²) in [5.74, 6) is -0.491. The van der Waals surface area contributed by atoms with Crippen molar-refractivity contribution in [1.29, 1.82) is 0 Å². The van der Waals surface area contributed by atoms with Crippen molar-refractivity contribution in [2.24, 2.45) is 11.7 Å². The molecule has 0 saturated carbocycles. The lowest BCUT2D eigenvalue weighted by Gasteiger charge is -2.13. The highest BCUT2D eigenvalue weighted by Gasteiger charge is 2.12. The van der Waals surface area contributed by atoms with Gasteiger partial charge in [0.05, 0.1) is 0 Å². The molecule has 0 spiro atoms. The fourth-order valence-electron chi connectivity index (χ4n) is 2.00. The Hall–Kier alpha value is -1.68. The van der Waals surface area contributed by atoms with Crippen LogP contribution < -0.4 is 5.73 Å². The maximum atomic E-state index is 13.5. The van der Waals surface area contributed by atoms with Gasteiger partial charge in [0.2, 0.25) is 0 Å². The summed E-state index contributed by atoms with van der Waals surface area (Å²) in [6.07, 6.45) is 3.72. The number of nitrogens with two attached hydrogens (primary N) is 1. The van der Waals surface area contributed by atoms with E-state index in [0.717, 1.165) is 17.7 Å². The Kier molecular flexibility index (Phi) is 4.00. The molecular weight excluding hydrogens is 246 g/mol. The van der Waals surface area contributed by atoms with Crippen molar-refractivity contribution in [2.75, 3.05) is 0 Å². The quantitative estimate of drug-likeness (QED) is 0.900. The first kappa shape index (κ1) is 13.7. The van der Waals surface area contributed by atoms with Crippen molar-refractivity contribution in [3.05, 3.63) is 59.4 Å². The normalized spacial score (nSPS) is 12.9. The molecule has 2 N–H and O–H groups in total. The molecule has 102 valence electrons. The first-order valence-electron chi connectivity index (χ1n) is 6.32. The van der Waals surface area contributed by atoms with E-state index in [1.165, 1.54) is 6.07 Å². The molecular formula is C15H18F2N2. The van der Waals surface area contributed by atoms with Crippen LogP contribution in [0.25, 0.3) is 0 Å². The number of rotatable bonds is 4. The highest BCUT2D eigenvalue weighted by atomic mass is 19.1. The highest BCUT2D eigenvalue weighted by molar-refractivity contribution is 5.21. The van der Waals surface area contributed by atoms with Crippen molar-refractivity contribution >= 4 is 0 Å². The Bertz CT molecular complexity index is 561. The van der Waals surface area contributed by atoms with Crippen molar-refractivity contribution in [2.45, 2.75) is 26.4 Å². The SMILES string of the molecule is CC(C)C(N)c1ccn(Cc2cc(F)ccc2F)c1. The first-order valence-corrected chi connectivity index (χ1v) is 6.32. The molecule has 0 aliphatic heterocycles. The molecule has 19 heavy (non-hydrogen) atoms. The second kappa shape index (κ2) is 5.53. The van der Waals surface area contributed by atoms with Crippen molar-refractivity contribution in [1.82, 2.24) is 4.57 Å². The van der Waals surface area contributed by atoms with Gasteiger partial charge in [-0.3, -0.25) is 0 Å². The van der Waals surface area contributed by atoms with Gasteiger partial charge in [0.1, 0.15) is 11.6 Å². The van der Waals surface area contributed by atoms with E-state index in [2.05, 4.69) is 0 Å². The summed E-state index contributed by atoms with van der Waals surface area (Å²) in [4.78, 5) is 0. The summed E-state index contributed by atoms with van der Waals surface area (Å²) in [6.45, 7) is 4.40. The molecule has 4 heteroatoms. The molecule has 1 unspecified atom stereocenters. The van der Waals surface area contributed by atoms with E-state index in [4.69, 9.17) is 5.73 Å². The van der Waals surface area contributed by atoms with E-state index in [0.29, 0.717) is 18.0 Å². The van der Waals surface area contributed by atoms with Crippen LogP contribution in [0.5, 0.6) is 0 Å². The second-order valence-corrected chi connectivity index (χ2v) is 5.12. The van der Waals surface area contributed by atoms with Gasteiger partial charge in [-0.2, -0.15) is 0 Å². The summed E-state index contributed by atoms with van der Waals surface area (Å²) < 4.78 is 28.5. The molecule has 0 radical (unpaired) electrons. The summed E-state index contributed by atoms with van der Waals surface area (Å²) in [5.41, 5.74) is 7.39. The Balaban J connectivity index is 2.18. The van der Waals surface area contributed by atoms with Crippen LogP contribution in [-0.4, -0.2) is 4.57 Å². The van der Waals surface area contributed by atoms with Gasteiger partial charge >= 0.3 is 0 Å². The van der Waals surface area contributed by atoms with Crippen LogP contribution in [0.2, 0.25) is 0 Å². The second-order valence-electron chi connectivity index (χ2n) is 5.12. The van der Waals surface area contributed by atoms with E-state index >= 15 is 0 Å². The first-order chi connectivity index (χ1) is 8.97. The van der Waals surface area contributed by atoms with Crippen molar-refractivity contribution < 1.29 is 8.78 Å². The molecule has 1 aromatic heterocycles. The van der Waals surface area contributed by atoms with E-state index in [9.17, 15) is 8.78 Å². The molecule has 2 aromatic rings. The van der Waals surface area contributed by atoms with Crippen molar-refractivity contribution in [3.63, 3.8) is 0 Å². The lowest BCUT2D eigenvalue weighted by atomic mass is 10.00. The minimum Gasteiger partial charge on any atom is -0.349 e. The van der Waals surface area contributed by atoms with Gasteiger partial charge in [-0.15, -0.1) is 0 Å². The van der Waals surface area contributed by atoms with Crippen LogP contribution in [0.1, 0.15) is 31.0 Å². The molecule has 1 aromatic carbocycles. The fourth-order valence-corrected chi connectivity index (χ4v) is 2.00. The number of halogens is 2. The Labute approximate surface area is 111 Å². The van der Waals surface area contributed by atoms with E-state index < -0.39 is 11.6 Å². The predicted molar refractivity (Wildman–Crippen MR) is 71.7 cm³/mol. The number of hydrogen-bond acceptors (Lipinski definition) is 1. The Morgan fingerprint density at radius 3 is 2.63 bits per heavy atom. The average molecular weight is 264 g/mol. The minimum atomic E-state index is -0.428. The van der Waals surface area contributed by atoms with Crippen molar-refractivity contribution in [3.8, 4) is 0 Å². The van der Waals surface area contributed by atoms with Gasteiger partial charge in [-0.05, 0) is 35.7 Å². The molecule has 0 aliphatic rings. The molecule has 0 amide bonds. The minimum absolute atomic E-state index is 0.0430. The number of hydrogen-bond donors (Lipinski definition) is 1. The zero-order valence-electron chi connectivity index (χ0n) is 11.1. The third-order valence-electron chi connectivity index (χ3n) is 3.24. The average Bonchev–Trinajstić information content (AvgIpc) is 2.81. The Morgan fingerprint density at radius 2 is 1.95 bits per heavy atom. The van der Waals surface area contributed by atoms with Gasteiger partial charge in [0, 0.05) is 30.5 Å². The summed E-state index contributed by atoms with van der Waals surface area (Å²) in [5, 5.41) is 0. The van der Waals surface area contributed by atoms with Crippen LogP contribution in [-0.2, 0) is 6.54 Å². The largest absolute Gasteiger partial charge is 0.349 e. The van der Waals surface area contributed by atoms with Gasteiger partial charge in [-0.1, -0.05) is 13.8 Å². The van der Waals surface area contributed by atoms with Gasteiger partial charge in [0.25, 0.3) is 0 Å². The third-order valence-corrected chi connectivity index (χ3v) is 3.24. The maximum Gasteiger partial charge on any atom is 0.128 e. The predicted octanol–water partition coefficient (Wildman–Crippen LogP) is 3.47. The third kappa shape index (κ3) is 3.20. The molecule has 0 aliphatic carbocycles. The summed E-state index contributed by atoms with van der Waals surface area (Å²) in [6, 6.07) is 5.36. The Morgan fingerprint density at radius 1 is 1.21 bits per heavy atom. The zero-order valence-corrected chi connectivity index (χ0v) is 11.1. The van der Waals surface area contributed by atoms with Crippen LogP contribution in [0.3, 0.4) is 0 Å². The smallest absolute Gasteiger partial charge is 0.128 e. The topological polar surface area (TPSA) is 30.9 Å². The monoisotopic (exact) mass is 264 g/mol. The molecule has 1 heterocycles. The summed E-state index contributed by atoms with van der Waals surface area (Å²) in [7, 11) is 0. The number of aromatic nitrogens is 1. The molecule has 0 saturated heterocycles. The van der Waals surface area contributed by atoms with Crippen LogP contribution >= 0.6 is 0 Å². The fraction of sp³-hybridized carbons (Fsp3) is 0.333. The van der Waals surface area contributed by atoms with Crippen LogP contribution in [0.15, 0.2) is 36.7 Å². The lowest BCUT2D eigenvalue weighted by Crippen LogP contribution is -2.16.